The molecule has 3 rings (SSSR count). The van der Waals surface area contributed by atoms with Gasteiger partial charge in [-0.2, -0.15) is 5.26 Å². The van der Waals surface area contributed by atoms with E-state index < -0.39 is 4.92 Å². The molecule has 2 aromatic carbocycles. The maximum atomic E-state index is 10.8. The summed E-state index contributed by atoms with van der Waals surface area (Å²) in [5.74, 6) is 0.238. The molecular formula is C17H16N4O3. The molecule has 0 bridgehead atoms. The van der Waals surface area contributed by atoms with Gasteiger partial charge >= 0.3 is 0 Å². The maximum absolute atomic E-state index is 10.8. The number of nitro groups is 1. The van der Waals surface area contributed by atoms with Crippen LogP contribution in [0.1, 0.15) is 5.56 Å². The molecule has 2 aromatic rings. The van der Waals surface area contributed by atoms with Crippen molar-refractivity contribution in [2.24, 2.45) is 0 Å². The molecule has 24 heavy (non-hydrogen) atoms. The fraction of sp³-hybridized carbons (Fsp3) is 0.235. The number of hydrogen-bond donors (Lipinski definition) is 1. The van der Waals surface area contributed by atoms with Crippen molar-refractivity contribution in [3.63, 3.8) is 0 Å². The van der Waals surface area contributed by atoms with Gasteiger partial charge in [0.25, 0.3) is 5.69 Å². The normalized spacial score (nSPS) is 14.3. The number of phenolic OH excluding ortho intramolecular Hbond substituents is 1. The van der Waals surface area contributed by atoms with Gasteiger partial charge in [0.15, 0.2) is 0 Å². The lowest BCUT2D eigenvalue weighted by Gasteiger charge is -2.37. The highest BCUT2D eigenvalue weighted by atomic mass is 16.6. The molecule has 1 aliphatic rings. The summed E-state index contributed by atoms with van der Waals surface area (Å²) < 4.78 is 0. The van der Waals surface area contributed by atoms with Crippen LogP contribution in [0.2, 0.25) is 0 Å². The predicted octanol–water partition coefficient (Wildman–Crippen LogP) is 2.50. The molecular weight excluding hydrogens is 308 g/mol. The Morgan fingerprint density at radius 2 is 1.67 bits per heavy atom. The van der Waals surface area contributed by atoms with E-state index in [0.29, 0.717) is 18.7 Å². The SMILES string of the molecule is N#Cc1cc([N+](=O)[O-])ccc1N1CCN(c2ccc(O)cc2)CC1. The lowest BCUT2D eigenvalue weighted by atomic mass is 10.1. The number of hydrogen-bond acceptors (Lipinski definition) is 6. The molecule has 7 nitrogen and oxygen atoms in total. The van der Waals surface area contributed by atoms with E-state index in [1.807, 2.05) is 18.2 Å². The van der Waals surface area contributed by atoms with Crippen molar-refractivity contribution in [2.45, 2.75) is 0 Å². The van der Waals surface area contributed by atoms with Gasteiger partial charge < -0.3 is 14.9 Å². The van der Waals surface area contributed by atoms with Crippen molar-refractivity contribution in [3.8, 4) is 11.8 Å². The average Bonchev–Trinajstić information content (AvgIpc) is 2.62. The molecule has 0 unspecified atom stereocenters. The van der Waals surface area contributed by atoms with Gasteiger partial charge in [0.2, 0.25) is 0 Å². The summed E-state index contributed by atoms with van der Waals surface area (Å²) in [6.45, 7) is 2.97. The molecule has 1 fully saturated rings. The van der Waals surface area contributed by atoms with Crippen LogP contribution in [0.5, 0.6) is 5.75 Å². The smallest absolute Gasteiger partial charge is 0.270 e. The zero-order valence-corrected chi connectivity index (χ0v) is 12.9. The first-order valence-corrected chi connectivity index (χ1v) is 7.56. The molecule has 0 spiro atoms. The number of piperazine rings is 1. The van der Waals surface area contributed by atoms with E-state index in [1.54, 1.807) is 18.2 Å². The van der Waals surface area contributed by atoms with E-state index in [4.69, 9.17) is 0 Å². The Kier molecular flexibility index (Phi) is 4.20. The quantitative estimate of drug-likeness (QED) is 0.688. The molecule has 1 saturated heterocycles. The summed E-state index contributed by atoms with van der Waals surface area (Å²) in [7, 11) is 0. The van der Waals surface area contributed by atoms with Gasteiger partial charge in [-0.3, -0.25) is 10.1 Å². The van der Waals surface area contributed by atoms with E-state index in [9.17, 15) is 20.5 Å². The Hall–Kier alpha value is -3.27. The summed E-state index contributed by atoms with van der Waals surface area (Å²) >= 11 is 0. The minimum Gasteiger partial charge on any atom is -0.508 e. The second-order valence-corrected chi connectivity index (χ2v) is 5.56. The maximum Gasteiger partial charge on any atom is 0.270 e. The van der Waals surface area contributed by atoms with E-state index >= 15 is 0 Å². The Morgan fingerprint density at radius 3 is 2.25 bits per heavy atom. The fourth-order valence-electron chi connectivity index (χ4n) is 2.87. The number of aromatic hydroxyl groups is 1. The van der Waals surface area contributed by atoms with Crippen molar-refractivity contribution in [1.29, 1.82) is 5.26 Å². The van der Waals surface area contributed by atoms with Crippen molar-refractivity contribution in [2.75, 3.05) is 36.0 Å². The van der Waals surface area contributed by atoms with Gasteiger partial charge in [-0.1, -0.05) is 0 Å². The highest BCUT2D eigenvalue weighted by molar-refractivity contribution is 5.64. The van der Waals surface area contributed by atoms with Crippen LogP contribution in [0.3, 0.4) is 0 Å². The number of phenols is 1. The minimum atomic E-state index is -0.493. The third kappa shape index (κ3) is 3.08. The molecule has 1 N–H and O–H groups in total. The van der Waals surface area contributed by atoms with Crippen LogP contribution >= 0.6 is 0 Å². The number of rotatable bonds is 3. The van der Waals surface area contributed by atoms with Gasteiger partial charge in [0.05, 0.1) is 16.2 Å². The Labute approximate surface area is 139 Å². The van der Waals surface area contributed by atoms with E-state index in [0.717, 1.165) is 24.5 Å². The van der Waals surface area contributed by atoms with Crippen LogP contribution in [0, 0.1) is 21.4 Å². The lowest BCUT2D eigenvalue weighted by Crippen LogP contribution is -2.46. The number of nitrogens with zero attached hydrogens (tertiary/aromatic N) is 4. The number of non-ortho nitro benzene ring substituents is 1. The van der Waals surface area contributed by atoms with Gasteiger partial charge in [-0.15, -0.1) is 0 Å². The largest absolute Gasteiger partial charge is 0.508 e. The average molecular weight is 324 g/mol. The number of anilines is 2. The molecule has 0 radical (unpaired) electrons. The van der Waals surface area contributed by atoms with Crippen LogP contribution in [0.25, 0.3) is 0 Å². The van der Waals surface area contributed by atoms with Crippen molar-refractivity contribution >= 4 is 17.1 Å². The van der Waals surface area contributed by atoms with Gasteiger partial charge in [0, 0.05) is 44.0 Å². The Balaban J connectivity index is 1.74. The topological polar surface area (TPSA) is 93.6 Å². The van der Waals surface area contributed by atoms with Gasteiger partial charge in [0.1, 0.15) is 11.8 Å². The predicted molar refractivity (Wildman–Crippen MR) is 90.3 cm³/mol. The summed E-state index contributed by atoms with van der Waals surface area (Å²) in [6, 6.07) is 13.5. The van der Waals surface area contributed by atoms with E-state index in [1.165, 1.54) is 12.1 Å². The number of nitriles is 1. The Bertz CT molecular complexity index is 790. The molecule has 1 aliphatic heterocycles. The second-order valence-electron chi connectivity index (χ2n) is 5.56. The third-order valence-corrected chi connectivity index (χ3v) is 4.15. The first kappa shape index (κ1) is 15.6. The van der Waals surface area contributed by atoms with Crippen molar-refractivity contribution < 1.29 is 10.0 Å². The molecule has 0 aliphatic carbocycles. The molecule has 122 valence electrons. The number of benzene rings is 2. The van der Waals surface area contributed by atoms with Crippen molar-refractivity contribution in [1.82, 2.24) is 0 Å². The molecule has 0 aromatic heterocycles. The lowest BCUT2D eigenvalue weighted by molar-refractivity contribution is -0.384. The highest BCUT2D eigenvalue weighted by Crippen LogP contribution is 2.27. The minimum absolute atomic E-state index is 0.0713. The molecule has 7 heteroatoms. The molecule has 1 heterocycles. The monoisotopic (exact) mass is 324 g/mol. The summed E-state index contributed by atoms with van der Waals surface area (Å²) in [4.78, 5) is 14.6. The highest BCUT2D eigenvalue weighted by Gasteiger charge is 2.21. The molecule has 0 atom stereocenters. The zero-order chi connectivity index (χ0) is 17.1. The summed E-state index contributed by atoms with van der Waals surface area (Å²) in [5, 5.41) is 29.5. The Morgan fingerprint density at radius 1 is 1.04 bits per heavy atom. The van der Waals surface area contributed by atoms with E-state index in [2.05, 4.69) is 9.80 Å². The first-order chi connectivity index (χ1) is 11.6. The number of nitro benzene ring substituents is 1. The van der Waals surface area contributed by atoms with Crippen LogP contribution in [-0.4, -0.2) is 36.2 Å². The van der Waals surface area contributed by atoms with Crippen molar-refractivity contribution in [3.05, 3.63) is 58.1 Å². The fourth-order valence-corrected chi connectivity index (χ4v) is 2.87. The van der Waals surface area contributed by atoms with Gasteiger partial charge in [-0.05, 0) is 30.3 Å². The standard InChI is InChI=1S/C17H16N4O3/c18-12-13-11-15(21(23)24)3-6-17(13)20-9-7-19(8-10-20)14-1-4-16(22)5-2-14/h1-6,11,22H,7-10H2. The second kappa shape index (κ2) is 6.46. The molecule has 0 saturated carbocycles. The van der Waals surface area contributed by atoms with Crippen LogP contribution < -0.4 is 9.80 Å². The van der Waals surface area contributed by atoms with E-state index in [-0.39, 0.29) is 11.4 Å². The van der Waals surface area contributed by atoms with Crippen LogP contribution in [0.4, 0.5) is 17.1 Å². The van der Waals surface area contributed by atoms with Crippen LogP contribution in [-0.2, 0) is 0 Å². The first-order valence-electron chi connectivity index (χ1n) is 7.56. The third-order valence-electron chi connectivity index (χ3n) is 4.15. The van der Waals surface area contributed by atoms with Crippen LogP contribution in [0.15, 0.2) is 42.5 Å². The summed E-state index contributed by atoms with van der Waals surface area (Å²) in [5.41, 5.74) is 2.02. The summed E-state index contributed by atoms with van der Waals surface area (Å²) in [6.07, 6.45) is 0. The zero-order valence-electron chi connectivity index (χ0n) is 12.9. The molecule has 0 amide bonds. The van der Waals surface area contributed by atoms with Gasteiger partial charge in [-0.25, -0.2) is 0 Å².